The van der Waals surface area contributed by atoms with E-state index in [-0.39, 0.29) is 11.3 Å². The Balaban J connectivity index is 2.52. The standard InChI is InChI=1S/C15H14O3/c1-10-6-8-11(9-7-10)12-4-3-5-13(14(12)16)15(17)18-2/h3-9,16H,1-2H3. The molecular weight excluding hydrogens is 228 g/mol. The highest BCUT2D eigenvalue weighted by molar-refractivity contribution is 5.95. The van der Waals surface area contributed by atoms with Gasteiger partial charge >= 0.3 is 5.97 Å². The molecule has 0 aliphatic rings. The molecular formula is C15H14O3. The molecule has 0 atom stereocenters. The maximum Gasteiger partial charge on any atom is 0.341 e. The van der Waals surface area contributed by atoms with Crippen LogP contribution >= 0.6 is 0 Å². The van der Waals surface area contributed by atoms with Crippen molar-refractivity contribution >= 4 is 5.97 Å². The molecule has 2 aromatic carbocycles. The van der Waals surface area contributed by atoms with E-state index in [9.17, 15) is 9.90 Å². The molecule has 0 saturated heterocycles. The maximum atomic E-state index is 11.5. The number of carbonyl (C=O) groups excluding carboxylic acids is 1. The average Bonchev–Trinajstić information content (AvgIpc) is 2.39. The number of hydrogen-bond acceptors (Lipinski definition) is 3. The minimum Gasteiger partial charge on any atom is -0.506 e. The smallest absolute Gasteiger partial charge is 0.341 e. The zero-order chi connectivity index (χ0) is 13.1. The van der Waals surface area contributed by atoms with E-state index < -0.39 is 5.97 Å². The Morgan fingerprint density at radius 3 is 2.39 bits per heavy atom. The fraction of sp³-hybridized carbons (Fsp3) is 0.133. The molecule has 2 aromatic rings. The van der Waals surface area contributed by atoms with E-state index in [0.717, 1.165) is 11.1 Å². The molecule has 0 aromatic heterocycles. The number of carbonyl (C=O) groups is 1. The first-order valence-electron chi connectivity index (χ1n) is 5.61. The van der Waals surface area contributed by atoms with Crippen molar-refractivity contribution in [2.24, 2.45) is 0 Å². The zero-order valence-electron chi connectivity index (χ0n) is 10.3. The number of para-hydroxylation sites is 1. The molecule has 3 nitrogen and oxygen atoms in total. The van der Waals surface area contributed by atoms with Crippen LogP contribution in [0.4, 0.5) is 0 Å². The zero-order valence-corrected chi connectivity index (χ0v) is 10.3. The van der Waals surface area contributed by atoms with Crippen molar-refractivity contribution in [1.82, 2.24) is 0 Å². The Morgan fingerprint density at radius 2 is 1.78 bits per heavy atom. The summed E-state index contributed by atoms with van der Waals surface area (Å²) < 4.78 is 4.63. The summed E-state index contributed by atoms with van der Waals surface area (Å²) in [6.07, 6.45) is 0. The first-order valence-corrected chi connectivity index (χ1v) is 5.61. The van der Waals surface area contributed by atoms with Gasteiger partial charge in [0.15, 0.2) is 0 Å². The van der Waals surface area contributed by atoms with Gasteiger partial charge in [-0.2, -0.15) is 0 Å². The summed E-state index contributed by atoms with van der Waals surface area (Å²) in [6, 6.07) is 12.8. The number of phenolic OH excluding ortho intramolecular Hbond substituents is 1. The van der Waals surface area contributed by atoms with Gasteiger partial charge in [0.05, 0.1) is 7.11 Å². The van der Waals surface area contributed by atoms with Crippen LogP contribution in [0.5, 0.6) is 5.75 Å². The summed E-state index contributed by atoms with van der Waals surface area (Å²) in [4.78, 5) is 11.5. The third kappa shape index (κ3) is 2.20. The van der Waals surface area contributed by atoms with Crippen molar-refractivity contribution in [2.75, 3.05) is 7.11 Å². The predicted molar refractivity (Wildman–Crippen MR) is 69.6 cm³/mol. The number of esters is 1. The van der Waals surface area contributed by atoms with E-state index in [4.69, 9.17) is 0 Å². The van der Waals surface area contributed by atoms with Crippen LogP contribution in [-0.4, -0.2) is 18.2 Å². The van der Waals surface area contributed by atoms with Gasteiger partial charge in [-0.25, -0.2) is 4.79 Å². The van der Waals surface area contributed by atoms with E-state index in [1.807, 2.05) is 31.2 Å². The molecule has 92 valence electrons. The number of hydrogen-bond donors (Lipinski definition) is 1. The SMILES string of the molecule is COC(=O)c1cccc(-c2ccc(C)cc2)c1O. The maximum absolute atomic E-state index is 11.5. The largest absolute Gasteiger partial charge is 0.506 e. The molecule has 1 N–H and O–H groups in total. The molecule has 2 rings (SSSR count). The molecule has 0 fully saturated rings. The second-order valence-electron chi connectivity index (χ2n) is 4.06. The van der Waals surface area contributed by atoms with E-state index in [1.165, 1.54) is 7.11 Å². The van der Waals surface area contributed by atoms with Crippen molar-refractivity contribution in [3.8, 4) is 16.9 Å². The molecule has 0 radical (unpaired) electrons. The van der Waals surface area contributed by atoms with Gasteiger partial charge in [0.2, 0.25) is 0 Å². The summed E-state index contributed by atoms with van der Waals surface area (Å²) in [6.45, 7) is 1.99. The lowest BCUT2D eigenvalue weighted by Gasteiger charge is -2.08. The Labute approximate surface area is 106 Å². The lowest BCUT2D eigenvalue weighted by atomic mass is 10.0. The fourth-order valence-electron chi connectivity index (χ4n) is 1.78. The van der Waals surface area contributed by atoms with Crippen LogP contribution in [-0.2, 0) is 4.74 Å². The summed E-state index contributed by atoms with van der Waals surface area (Å²) >= 11 is 0. The highest BCUT2D eigenvalue weighted by Gasteiger charge is 2.15. The van der Waals surface area contributed by atoms with E-state index in [0.29, 0.717) is 5.56 Å². The van der Waals surface area contributed by atoms with Crippen molar-refractivity contribution in [2.45, 2.75) is 6.92 Å². The Hall–Kier alpha value is -2.29. The summed E-state index contributed by atoms with van der Waals surface area (Å²) in [5.41, 5.74) is 2.81. The Morgan fingerprint density at radius 1 is 1.11 bits per heavy atom. The molecule has 3 heteroatoms. The quantitative estimate of drug-likeness (QED) is 0.823. The van der Waals surface area contributed by atoms with Crippen LogP contribution in [0.1, 0.15) is 15.9 Å². The van der Waals surface area contributed by atoms with E-state index >= 15 is 0 Å². The molecule has 0 bridgehead atoms. The first kappa shape index (κ1) is 12.2. The van der Waals surface area contributed by atoms with Gasteiger partial charge in [0.1, 0.15) is 11.3 Å². The van der Waals surface area contributed by atoms with Crippen molar-refractivity contribution in [3.05, 3.63) is 53.6 Å². The van der Waals surface area contributed by atoms with Crippen LogP contribution in [0.2, 0.25) is 0 Å². The number of aromatic hydroxyl groups is 1. The third-order valence-electron chi connectivity index (χ3n) is 2.80. The van der Waals surface area contributed by atoms with Crippen molar-refractivity contribution in [1.29, 1.82) is 0 Å². The number of ether oxygens (including phenoxy) is 1. The minimum absolute atomic E-state index is 0.0480. The molecule has 18 heavy (non-hydrogen) atoms. The first-order chi connectivity index (χ1) is 8.63. The Bertz CT molecular complexity index is 571. The molecule has 0 aliphatic heterocycles. The number of benzene rings is 2. The van der Waals surface area contributed by atoms with Crippen LogP contribution in [0.25, 0.3) is 11.1 Å². The Kier molecular flexibility index (Phi) is 3.33. The fourth-order valence-corrected chi connectivity index (χ4v) is 1.78. The number of methoxy groups -OCH3 is 1. The monoisotopic (exact) mass is 242 g/mol. The van der Waals surface area contributed by atoms with Gasteiger partial charge in [0, 0.05) is 5.56 Å². The van der Waals surface area contributed by atoms with Gasteiger partial charge in [-0.15, -0.1) is 0 Å². The van der Waals surface area contributed by atoms with Gasteiger partial charge in [-0.1, -0.05) is 42.0 Å². The minimum atomic E-state index is -0.540. The highest BCUT2D eigenvalue weighted by atomic mass is 16.5. The molecule has 0 amide bonds. The van der Waals surface area contributed by atoms with Crippen molar-refractivity contribution in [3.63, 3.8) is 0 Å². The average molecular weight is 242 g/mol. The topological polar surface area (TPSA) is 46.5 Å². The molecule has 0 unspecified atom stereocenters. The van der Waals surface area contributed by atoms with Gasteiger partial charge in [-0.3, -0.25) is 0 Å². The van der Waals surface area contributed by atoms with Crippen LogP contribution in [0.3, 0.4) is 0 Å². The lowest BCUT2D eigenvalue weighted by Crippen LogP contribution is -2.01. The summed E-state index contributed by atoms with van der Waals surface area (Å²) in [7, 11) is 1.29. The van der Waals surface area contributed by atoms with Gasteiger partial charge < -0.3 is 9.84 Å². The molecule has 0 saturated carbocycles. The molecule has 0 spiro atoms. The lowest BCUT2D eigenvalue weighted by molar-refractivity contribution is 0.0597. The van der Waals surface area contributed by atoms with Crippen LogP contribution in [0.15, 0.2) is 42.5 Å². The highest BCUT2D eigenvalue weighted by Crippen LogP contribution is 2.32. The number of aryl methyl sites for hydroxylation is 1. The predicted octanol–water partition coefficient (Wildman–Crippen LogP) is 3.15. The van der Waals surface area contributed by atoms with E-state index in [1.54, 1.807) is 18.2 Å². The number of rotatable bonds is 2. The van der Waals surface area contributed by atoms with Crippen LogP contribution in [0, 0.1) is 6.92 Å². The second-order valence-corrected chi connectivity index (χ2v) is 4.06. The van der Waals surface area contributed by atoms with Gasteiger partial charge in [-0.05, 0) is 18.6 Å². The normalized spacial score (nSPS) is 10.1. The summed E-state index contributed by atoms with van der Waals surface area (Å²) in [5.74, 6) is -0.588. The summed E-state index contributed by atoms with van der Waals surface area (Å²) in [5, 5.41) is 10.1. The molecule has 0 heterocycles. The molecule has 0 aliphatic carbocycles. The third-order valence-corrected chi connectivity index (χ3v) is 2.80. The van der Waals surface area contributed by atoms with Gasteiger partial charge in [0.25, 0.3) is 0 Å². The second kappa shape index (κ2) is 4.92. The van der Waals surface area contributed by atoms with Crippen molar-refractivity contribution < 1.29 is 14.6 Å². The van der Waals surface area contributed by atoms with Crippen LogP contribution < -0.4 is 0 Å². The van der Waals surface area contributed by atoms with E-state index in [2.05, 4.69) is 4.74 Å². The number of phenols is 1.